The van der Waals surface area contributed by atoms with E-state index >= 15 is 0 Å². The first-order valence-corrected chi connectivity index (χ1v) is 8.35. The first-order valence-electron chi connectivity index (χ1n) is 7.97. The maximum atomic E-state index is 6.48. The van der Waals surface area contributed by atoms with Gasteiger partial charge in [0.2, 0.25) is 0 Å². The number of halogens is 1. The van der Waals surface area contributed by atoms with Crippen LogP contribution in [0.15, 0.2) is 30.6 Å². The molecule has 0 atom stereocenters. The molecule has 1 aromatic heterocycles. The van der Waals surface area contributed by atoms with Gasteiger partial charge in [0.05, 0.1) is 6.54 Å². The van der Waals surface area contributed by atoms with Crippen LogP contribution in [0, 0.1) is 12.8 Å². The Labute approximate surface area is 132 Å². The van der Waals surface area contributed by atoms with E-state index in [2.05, 4.69) is 27.8 Å². The van der Waals surface area contributed by atoms with Crippen molar-refractivity contribution < 1.29 is 0 Å². The maximum absolute atomic E-state index is 6.48. The summed E-state index contributed by atoms with van der Waals surface area (Å²) >= 11 is 6.48. The topological polar surface area (TPSA) is 17.8 Å². The third-order valence-electron chi connectivity index (χ3n) is 4.63. The Bertz CT molecular complexity index is 597. The molecule has 0 amide bonds. The first kappa shape index (κ1) is 14.6. The molecule has 2 nitrogen and oxygen atoms in total. The van der Waals surface area contributed by atoms with Crippen molar-refractivity contribution in [1.82, 2.24) is 9.55 Å². The van der Waals surface area contributed by atoms with Crippen molar-refractivity contribution in [2.75, 3.05) is 0 Å². The summed E-state index contributed by atoms with van der Waals surface area (Å²) in [7, 11) is 0. The summed E-state index contributed by atoms with van der Waals surface area (Å²) in [6.07, 6.45) is 12.0. The van der Waals surface area contributed by atoms with Crippen LogP contribution in [0.4, 0.5) is 0 Å². The molecule has 3 heteroatoms. The molecule has 0 unspecified atom stereocenters. The van der Waals surface area contributed by atoms with E-state index in [0.717, 1.165) is 23.3 Å². The van der Waals surface area contributed by atoms with Gasteiger partial charge in [-0.05, 0) is 36.5 Å². The Hall–Kier alpha value is -1.28. The van der Waals surface area contributed by atoms with E-state index in [1.165, 1.54) is 49.7 Å². The van der Waals surface area contributed by atoms with Gasteiger partial charge in [0.1, 0.15) is 5.82 Å². The van der Waals surface area contributed by atoms with Gasteiger partial charge in [0.15, 0.2) is 0 Å². The van der Waals surface area contributed by atoms with Crippen LogP contribution >= 0.6 is 11.6 Å². The van der Waals surface area contributed by atoms with Crippen molar-refractivity contribution in [2.24, 2.45) is 5.92 Å². The summed E-state index contributed by atoms with van der Waals surface area (Å²) < 4.78 is 2.13. The molecule has 0 spiro atoms. The molecule has 1 fully saturated rings. The molecule has 1 aromatic carbocycles. The number of nitrogens with zero attached hydrogens (tertiary/aromatic N) is 2. The molecule has 112 valence electrons. The highest BCUT2D eigenvalue weighted by Gasteiger charge is 2.14. The van der Waals surface area contributed by atoms with Gasteiger partial charge < -0.3 is 4.57 Å². The van der Waals surface area contributed by atoms with Gasteiger partial charge in [-0.1, -0.05) is 55.8 Å². The number of imidazole rings is 1. The fraction of sp³-hybridized carbons (Fsp3) is 0.500. The minimum atomic E-state index is 0.800. The normalized spacial score (nSPS) is 16.3. The quantitative estimate of drug-likeness (QED) is 0.775. The monoisotopic (exact) mass is 302 g/mol. The molecule has 1 aliphatic carbocycles. The molecule has 0 saturated heterocycles. The molecule has 0 N–H and O–H groups in total. The molecule has 2 aromatic rings. The Kier molecular flexibility index (Phi) is 4.64. The molecule has 0 radical (unpaired) electrons. The summed E-state index contributed by atoms with van der Waals surface area (Å²) in [5.74, 6) is 1.88. The van der Waals surface area contributed by atoms with Crippen LogP contribution in [0.2, 0.25) is 5.02 Å². The second-order valence-corrected chi connectivity index (χ2v) is 6.64. The Morgan fingerprint density at radius 2 is 2.05 bits per heavy atom. The van der Waals surface area contributed by atoms with Crippen molar-refractivity contribution in [3.8, 4) is 0 Å². The van der Waals surface area contributed by atoms with Gasteiger partial charge in [-0.25, -0.2) is 4.98 Å². The summed E-state index contributed by atoms with van der Waals surface area (Å²) in [4.78, 5) is 4.26. The van der Waals surface area contributed by atoms with Crippen LogP contribution in [0.1, 0.15) is 49.1 Å². The second-order valence-electron chi connectivity index (χ2n) is 6.24. The lowest BCUT2D eigenvalue weighted by Gasteiger charge is -2.21. The molecule has 0 aliphatic heterocycles. The summed E-state index contributed by atoms with van der Waals surface area (Å²) in [6, 6.07) is 6.60. The number of hydrogen-bond donors (Lipinski definition) is 0. The predicted molar refractivity (Wildman–Crippen MR) is 87.8 cm³/mol. The van der Waals surface area contributed by atoms with E-state index in [0.29, 0.717) is 0 Å². The largest absolute Gasteiger partial charge is 0.331 e. The van der Waals surface area contributed by atoms with Crippen molar-refractivity contribution in [2.45, 2.75) is 52.0 Å². The van der Waals surface area contributed by atoms with E-state index in [9.17, 15) is 0 Å². The van der Waals surface area contributed by atoms with Crippen molar-refractivity contribution in [3.63, 3.8) is 0 Å². The summed E-state index contributed by atoms with van der Waals surface area (Å²) in [5.41, 5.74) is 2.56. The lowest BCUT2D eigenvalue weighted by atomic mass is 9.85. The summed E-state index contributed by atoms with van der Waals surface area (Å²) in [6.45, 7) is 2.82. The van der Waals surface area contributed by atoms with Crippen LogP contribution in [0.25, 0.3) is 0 Å². The highest BCUT2D eigenvalue weighted by molar-refractivity contribution is 6.31. The zero-order chi connectivity index (χ0) is 14.7. The molecule has 0 bridgehead atoms. The van der Waals surface area contributed by atoms with E-state index in [-0.39, 0.29) is 0 Å². The highest BCUT2D eigenvalue weighted by Crippen LogP contribution is 2.28. The third kappa shape index (κ3) is 3.68. The molecule has 1 saturated carbocycles. The lowest BCUT2D eigenvalue weighted by molar-refractivity contribution is 0.356. The first-order chi connectivity index (χ1) is 10.2. The molecular formula is C18H23ClN2. The van der Waals surface area contributed by atoms with E-state index in [4.69, 9.17) is 11.6 Å². The maximum Gasteiger partial charge on any atom is 0.105 e. The molecule has 21 heavy (non-hydrogen) atoms. The standard InChI is InChI=1S/C18H23ClN2/c1-14-20-9-10-21(14)13-17-8-7-16(12-18(17)19)11-15-5-3-2-4-6-15/h7-10,12,15H,2-6,11,13H2,1H3. The number of benzene rings is 1. The Morgan fingerprint density at radius 1 is 1.24 bits per heavy atom. The smallest absolute Gasteiger partial charge is 0.105 e. The lowest BCUT2D eigenvalue weighted by Crippen LogP contribution is -2.09. The highest BCUT2D eigenvalue weighted by atomic mass is 35.5. The number of hydrogen-bond acceptors (Lipinski definition) is 1. The Morgan fingerprint density at radius 3 is 2.71 bits per heavy atom. The average Bonchev–Trinajstić information content (AvgIpc) is 2.88. The molecule has 3 rings (SSSR count). The minimum Gasteiger partial charge on any atom is -0.331 e. The van der Waals surface area contributed by atoms with E-state index < -0.39 is 0 Å². The van der Waals surface area contributed by atoms with E-state index in [1.54, 1.807) is 0 Å². The summed E-state index contributed by atoms with van der Waals surface area (Å²) in [5, 5.41) is 0.886. The van der Waals surface area contributed by atoms with Gasteiger partial charge in [-0.15, -0.1) is 0 Å². The van der Waals surface area contributed by atoms with Crippen molar-refractivity contribution in [3.05, 3.63) is 52.6 Å². The number of aryl methyl sites for hydroxylation is 1. The fourth-order valence-electron chi connectivity index (χ4n) is 3.32. The van der Waals surface area contributed by atoms with Gasteiger partial charge in [0.25, 0.3) is 0 Å². The van der Waals surface area contributed by atoms with Crippen LogP contribution in [-0.2, 0) is 13.0 Å². The second kappa shape index (κ2) is 6.65. The molecular weight excluding hydrogens is 280 g/mol. The number of rotatable bonds is 4. The average molecular weight is 303 g/mol. The SMILES string of the molecule is Cc1nccn1Cc1ccc(CC2CCCCC2)cc1Cl. The van der Waals surface area contributed by atoms with Crippen molar-refractivity contribution in [1.29, 1.82) is 0 Å². The zero-order valence-corrected chi connectivity index (χ0v) is 13.4. The zero-order valence-electron chi connectivity index (χ0n) is 12.7. The Balaban J connectivity index is 1.69. The van der Waals surface area contributed by atoms with Crippen LogP contribution in [0.5, 0.6) is 0 Å². The van der Waals surface area contributed by atoms with E-state index in [1.807, 2.05) is 19.3 Å². The van der Waals surface area contributed by atoms with Crippen LogP contribution in [0.3, 0.4) is 0 Å². The number of aromatic nitrogens is 2. The van der Waals surface area contributed by atoms with Gasteiger partial charge >= 0.3 is 0 Å². The van der Waals surface area contributed by atoms with Gasteiger partial charge in [-0.3, -0.25) is 0 Å². The molecule has 1 aliphatic rings. The minimum absolute atomic E-state index is 0.800. The van der Waals surface area contributed by atoms with Gasteiger partial charge in [0, 0.05) is 17.4 Å². The molecule has 1 heterocycles. The fourth-order valence-corrected chi connectivity index (χ4v) is 3.59. The predicted octanol–water partition coefficient (Wildman–Crippen LogP) is 5.02. The van der Waals surface area contributed by atoms with Crippen LogP contribution < -0.4 is 0 Å². The van der Waals surface area contributed by atoms with Crippen LogP contribution in [-0.4, -0.2) is 9.55 Å². The third-order valence-corrected chi connectivity index (χ3v) is 4.98. The van der Waals surface area contributed by atoms with Crippen molar-refractivity contribution >= 4 is 11.6 Å². The van der Waals surface area contributed by atoms with Gasteiger partial charge in [-0.2, -0.15) is 0 Å².